The van der Waals surface area contributed by atoms with Gasteiger partial charge in [0.25, 0.3) is 0 Å². The predicted molar refractivity (Wildman–Crippen MR) is 98.9 cm³/mol. The molecular weight excluding hydrogens is 334 g/mol. The van der Waals surface area contributed by atoms with Crippen LogP contribution in [0.1, 0.15) is 58.8 Å². The third-order valence-corrected chi connectivity index (χ3v) is 8.30. The van der Waals surface area contributed by atoms with E-state index in [0.29, 0.717) is 24.7 Å². The first-order valence-corrected chi connectivity index (χ1v) is 11.0. The van der Waals surface area contributed by atoms with Crippen molar-refractivity contribution in [1.29, 1.82) is 0 Å². The zero-order valence-electron chi connectivity index (χ0n) is 15.2. The highest BCUT2D eigenvalue weighted by molar-refractivity contribution is 7.93. The quantitative estimate of drug-likeness (QED) is 0.838. The molecule has 0 radical (unpaired) electrons. The molecule has 25 heavy (non-hydrogen) atoms. The molecule has 1 N–H and O–H groups in total. The third kappa shape index (κ3) is 3.48. The molecule has 4 nitrogen and oxygen atoms in total. The topological polar surface area (TPSA) is 63.2 Å². The Hall–Kier alpha value is -1.36. The SMILES string of the molecule is CC(C)C(NC(=O)C1(S(=O)(=O)c2ccccc2)CCCCC1)C1CC1. The van der Waals surface area contributed by atoms with Crippen LogP contribution >= 0.6 is 0 Å². The number of rotatable bonds is 6. The van der Waals surface area contributed by atoms with Crippen LogP contribution in [-0.4, -0.2) is 25.1 Å². The highest BCUT2D eigenvalue weighted by Gasteiger charge is 2.52. The van der Waals surface area contributed by atoms with Gasteiger partial charge in [0.05, 0.1) is 4.90 Å². The number of sulfone groups is 1. The molecule has 3 rings (SSSR count). The minimum atomic E-state index is -3.71. The maximum atomic E-state index is 13.4. The van der Waals surface area contributed by atoms with Crippen LogP contribution in [-0.2, 0) is 14.6 Å². The Kier molecular flexibility index (Phi) is 5.24. The van der Waals surface area contributed by atoms with Gasteiger partial charge in [0.2, 0.25) is 5.91 Å². The van der Waals surface area contributed by atoms with Crippen molar-refractivity contribution in [3.05, 3.63) is 30.3 Å². The highest BCUT2D eigenvalue weighted by atomic mass is 32.2. The second kappa shape index (κ2) is 7.10. The number of hydrogen-bond acceptors (Lipinski definition) is 3. The number of hydrogen-bond donors (Lipinski definition) is 1. The predicted octanol–water partition coefficient (Wildman–Crippen LogP) is 3.71. The van der Waals surface area contributed by atoms with Crippen LogP contribution in [0.4, 0.5) is 0 Å². The number of benzene rings is 1. The zero-order valence-corrected chi connectivity index (χ0v) is 16.0. The van der Waals surface area contributed by atoms with E-state index in [1.807, 2.05) is 0 Å². The van der Waals surface area contributed by atoms with Gasteiger partial charge >= 0.3 is 0 Å². The lowest BCUT2D eigenvalue weighted by molar-refractivity contribution is -0.125. The summed E-state index contributed by atoms with van der Waals surface area (Å²) in [4.78, 5) is 13.6. The highest BCUT2D eigenvalue weighted by Crippen LogP contribution is 2.41. The normalized spacial score (nSPS) is 21.7. The van der Waals surface area contributed by atoms with Crippen LogP contribution in [0.3, 0.4) is 0 Å². The van der Waals surface area contributed by atoms with Gasteiger partial charge < -0.3 is 5.32 Å². The van der Waals surface area contributed by atoms with Gasteiger partial charge in [-0.1, -0.05) is 51.3 Å². The Morgan fingerprint density at radius 3 is 2.20 bits per heavy atom. The average Bonchev–Trinajstić information content (AvgIpc) is 3.45. The first kappa shape index (κ1) is 18.4. The zero-order chi connectivity index (χ0) is 18.1. The summed E-state index contributed by atoms with van der Waals surface area (Å²) in [7, 11) is -3.71. The van der Waals surface area contributed by atoms with Crippen LogP contribution in [0.25, 0.3) is 0 Å². The molecule has 1 unspecified atom stereocenters. The summed E-state index contributed by atoms with van der Waals surface area (Å²) in [5.74, 6) is 0.544. The molecule has 0 bridgehead atoms. The first-order valence-electron chi connectivity index (χ1n) is 9.49. The van der Waals surface area contributed by atoms with Crippen LogP contribution in [0.15, 0.2) is 35.2 Å². The molecular formula is C20H29NO3S. The molecule has 2 aliphatic carbocycles. The molecule has 138 valence electrons. The molecule has 1 aromatic rings. The summed E-state index contributed by atoms with van der Waals surface area (Å²) in [5.41, 5.74) is 0. The molecule has 1 amide bonds. The van der Waals surface area contributed by atoms with Crippen molar-refractivity contribution in [2.75, 3.05) is 0 Å². The smallest absolute Gasteiger partial charge is 0.242 e. The minimum absolute atomic E-state index is 0.0808. The lowest BCUT2D eigenvalue weighted by Crippen LogP contribution is -2.57. The van der Waals surface area contributed by atoms with Gasteiger partial charge in [-0.2, -0.15) is 0 Å². The summed E-state index contributed by atoms with van der Waals surface area (Å²) in [6, 6.07) is 8.55. The largest absolute Gasteiger partial charge is 0.351 e. The van der Waals surface area contributed by atoms with Gasteiger partial charge in [-0.05, 0) is 49.7 Å². The van der Waals surface area contributed by atoms with E-state index in [2.05, 4.69) is 19.2 Å². The number of carbonyl (C=O) groups is 1. The molecule has 0 aliphatic heterocycles. The maximum absolute atomic E-state index is 13.4. The van der Waals surface area contributed by atoms with E-state index in [4.69, 9.17) is 0 Å². The summed E-state index contributed by atoms with van der Waals surface area (Å²) >= 11 is 0. The van der Waals surface area contributed by atoms with E-state index in [-0.39, 0.29) is 16.8 Å². The molecule has 0 spiro atoms. The van der Waals surface area contributed by atoms with E-state index in [0.717, 1.165) is 32.1 Å². The van der Waals surface area contributed by atoms with E-state index in [1.165, 1.54) is 0 Å². The molecule has 5 heteroatoms. The number of nitrogens with one attached hydrogen (secondary N) is 1. The van der Waals surface area contributed by atoms with Gasteiger partial charge in [0, 0.05) is 6.04 Å². The van der Waals surface area contributed by atoms with Crippen molar-refractivity contribution in [2.24, 2.45) is 11.8 Å². The van der Waals surface area contributed by atoms with Crippen LogP contribution in [0, 0.1) is 11.8 Å². The van der Waals surface area contributed by atoms with Crippen molar-refractivity contribution in [3.8, 4) is 0 Å². The fraction of sp³-hybridized carbons (Fsp3) is 0.650. The molecule has 0 heterocycles. The lowest BCUT2D eigenvalue weighted by atomic mass is 9.86. The van der Waals surface area contributed by atoms with Gasteiger partial charge in [0.1, 0.15) is 0 Å². The lowest BCUT2D eigenvalue weighted by Gasteiger charge is -2.37. The van der Waals surface area contributed by atoms with Gasteiger partial charge in [-0.3, -0.25) is 4.79 Å². The number of amides is 1. The number of carbonyl (C=O) groups excluding carboxylic acids is 1. The Balaban J connectivity index is 1.94. The van der Waals surface area contributed by atoms with Crippen molar-refractivity contribution >= 4 is 15.7 Å². The average molecular weight is 364 g/mol. The molecule has 2 fully saturated rings. The van der Waals surface area contributed by atoms with Crippen molar-refractivity contribution in [3.63, 3.8) is 0 Å². The van der Waals surface area contributed by atoms with Crippen molar-refractivity contribution in [1.82, 2.24) is 5.32 Å². The van der Waals surface area contributed by atoms with Crippen LogP contribution < -0.4 is 5.32 Å². The third-order valence-electron chi connectivity index (χ3n) is 5.79. The van der Waals surface area contributed by atoms with Crippen molar-refractivity contribution < 1.29 is 13.2 Å². The summed E-state index contributed by atoms with van der Waals surface area (Å²) < 4.78 is 25.5. The van der Waals surface area contributed by atoms with Gasteiger partial charge in [-0.15, -0.1) is 0 Å². The molecule has 0 aromatic heterocycles. The van der Waals surface area contributed by atoms with Gasteiger partial charge in [-0.25, -0.2) is 8.42 Å². The Morgan fingerprint density at radius 1 is 1.08 bits per heavy atom. The fourth-order valence-electron chi connectivity index (χ4n) is 4.13. The molecule has 1 aromatic carbocycles. The fourth-order valence-corrected chi connectivity index (χ4v) is 6.23. The second-order valence-corrected chi connectivity index (χ2v) is 10.2. The summed E-state index contributed by atoms with van der Waals surface area (Å²) in [5, 5.41) is 3.15. The van der Waals surface area contributed by atoms with Crippen LogP contribution in [0.2, 0.25) is 0 Å². The van der Waals surface area contributed by atoms with E-state index in [9.17, 15) is 13.2 Å². The standard InChI is InChI=1S/C20H29NO3S/c1-15(2)18(16-11-12-16)21-19(22)20(13-7-4-8-14-20)25(23,24)17-9-5-3-6-10-17/h3,5-6,9-10,15-16,18H,4,7-8,11-14H2,1-2H3,(H,21,22). The second-order valence-electron chi connectivity index (χ2n) is 7.95. The van der Waals surface area contributed by atoms with E-state index < -0.39 is 14.6 Å². The molecule has 2 aliphatic rings. The Morgan fingerprint density at radius 2 is 1.68 bits per heavy atom. The van der Waals surface area contributed by atoms with Gasteiger partial charge in [0.15, 0.2) is 14.6 Å². The van der Waals surface area contributed by atoms with E-state index >= 15 is 0 Å². The molecule has 2 saturated carbocycles. The van der Waals surface area contributed by atoms with Crippen LogP contribution in [0.5, 0.6) is 0 Å². The van der Waals surface area contributed by atoms with Crippen molar-refractivity contribution in [2.45, 2.75) is 74.5 Å². The first-order chi connectivity index (χ1) is 11.9. The molecule has 1 atom stereocenters. The van der Waals surface area contributed by atoms with E-state index in [1.54, 1.807) is 30.3 Å². The summed E-state index contributed by atoms with van der Waals surface area (Å²) in [6.07, 6.45) is 5.67. The minimum Gasteiger partial charge on any atom is -0.351 e. The Bertz CT molecular complexity index is 700. The molecule has 0 saturated heterocycles. The Labute approximate surface area is 151 Å². The maximum Gasteiger partial charge on any atom is 0.242 e. The summed E-state index contributed by atoms with van der Waals surface area (Å²) in [6.45, 7) is 4.20. The monoisotopic (exact) mass is 363 g/mol.